The molecule has 0 saturated heterocycles. The predicted octanol–water partition coefficient (Wildman–Crippen LogP) is 3.72. The van der Waals surface area contributed by atoms with Gasteiger partial charge in [0.25, 0.3) is 0 Å². The first-order chi connectivity index (χ1) is 9.29. The molecule has 2 nitrogen and oxygen atoms in total. The van der Waals surface area contributed by atoms with Crippen molar-refractivity contribution in [3.05, 3.63) is 65.7 Å². The summed E-state index contributed by atoms with van der Waals surface area (Å²) in [5, 5.41) is 0. The summed E-state index contributed by atoms with van der Waals surface area (Å²) in [6.07, 6.45) is 2.25. The van der Waals surface area contributed by atoms with Crippen LogP contribution in [0.15, 0.2) is 54.6 Å². The molecule has 0 fully saturated rings. The first kappa shape index (κ1) is 13.6. The second kappa shape index (κ2) is 6.95. The fourth-order valence-corrected chi connectivity index (χ4v) is 2.07. The minimum Gasteiger partial charge on any atom is -0.492 e. The van der Waals surface area contributed by atoms with Crippen LogP contribution in [-0.2, 0) is 6.42 Å². The van der Waals surface area contributed by atoms with Gasteiger partial charge in [0.2, 0.25) is 0 Å². The molecular formula is C17H21NO. The normalized spacial score (nSPS) is 12.1. The SMILES string of the molecule is CCCc1cccc(C(N)COc2ccccc2)c1. The first-order valence-corrected chi connectivity index (χ1v) is 6.82. The maximum atomic E-state index is 6.18. The summed E-state index contributed by atoms with van der Waals surface area (Å²) in [5.74, 6) is 0.864. The average Bonchev–Trinajstić information content (AvgIpc) is 2.46. The highest BCUT2D eigenvalue weighted by Gasteiger charge is 2.07. The molecule has 2 aromatic rings. The van der Waals surface area contributed by atoms with Crippen molar-refractivity contribution in [3.63, 3.8) is 0 Å². The topological polar surface area (TPSA) is 35.2 Å². The van der Waals surface area contributed by atoms with Crippen molar-refractivity contribution >= 4 is 0 Å². The summed E-state index contributed by atoms with van der Waals surface area (Å²) in [5.41, 5.74) is 8.67. The largest absolute Gasteiger partial charge is 0.492 e. The number of ether oxygens (including phenoxy) is 1. The van der Waals surface area contributed by atoms with E-state index >= 15 is 0 Å². The number of aryl methyl sites for hydroxylation is 1. The number of hydrogen-bond donors (Lipinski definition) is 1. The molecule has 19 heavy (non-hydrogen) atoms. The zero-order valence-corrected chi connectivity index (χ0v) is 11.4. The molecule has 1 atom stereocenters. The van der Waals surface area contributed by atoms with Crippen molar-refractivity contribution in [2.45, 2.75) is 25.8 Å². The molecule has 0 amide bonds. The Bertz CT molecular complexity index is 496. The van der Waals surface area contributed by atoms with Crippen LogP contribution in [0.25, 0.3) is 0 Å². The summed E-state index contributed by atoms with van der Waals surface area (Å²) in [7, 11) is 0. The van der Waals surface area contributed by atoms with Crippen LogP contribution in [0.4, 0.5) is 0 Å². The molecule has 0 aliphatic carbocycles. The van der Waals surface area contributed by atoms with E-state index in [1.165, 1.54) is 5.56 Å². The lowest BCUT2D eigenvalue weighted by Gasteiger charge is -2.14. The Kier molecular flexibility index (Phi) is 4.99. The molecule has 2 heteroatoms. The molecule has 0 aliphatic rings. The summed E-state index contributed by atoms with van der Waals surface area (Å²) in [4.78, 5) is 0. The lowest BCUT2D eigenvalue weighted by Crippen LogP contribution is -2.19. The molecular weight excluding hydrogens is 234 g/mol. The lowest BCUT2D eigenvalue weighted by molar-refractivity contribution is 0.290. The van der Waals surface area contributed by atoms with E-state index in [4.69, 9.17) is 10.5 Å². The van der Waals surface area contributed by atoms with Gasteiger partial charge >= 0.3 is 0 Å². The molecule has 2 N–H and O–H groups in total. The molecule has 0 spiro atoms. The highest BCUT2D eigenvalue weighted by Crippen LogP contribution is 2.16. The molecule has 1 unspecified atom stereocenters. The van der Waals surface area contributed by atoms with E-state index in [0.717, 1.165) is 24.2 Å². The van der Waals surface area contributed by atoms with Crippen LogP contribution in [0, 0.1) is 0 Å². The Hall–Kier alpha value is -1.80. The minimum atomic E-state index is -0.0861. The van der Waals surface area contributed by atoms with Gasteiger partial charge in [-0.25, -0.2) is 0 Å². The quantitative estimate of drug-likeness (QED) is 0.854. The summed E-state index contributed by atoms with van der Waals surface area (Å²) >= 11 is 0. The van der Waals surface area contributed by atoms with Gasteiger partial charge in [0.05, 0.1) is 6.04 Å². The van der Waals surface area contributed by atoms with E-state index in [1.807, 2.05) is 30.3 Å². The van der Waals surface area contributed by atoms with Crippen LogP contribution in [0.1, 0.15) is 30.5 Å². The van der Waals surface area contributed by atoms with Gasteiger partial charge < -0.3 is 10.5 Å². The fraction of sp³-hybridized carbons (Fsp3) is 0.294. The van der Waals surface area contributed by atoms with Crippen molar-refractivity contribution in [2.24, 2.45) is 5.73 Å². The third-order valence-corrected chi connectivity index (χ3v) is 3.09. The van der Waals surface area contributed by atoms with E-state index in [-0.39, 0.29) is 6.04 Å². The average molecular weight is 255 g/mol. The Morgan fingerprint density at radius 1 is 1.05 bits per heavy atom. The lowest BCUT2D eigenvalue weighted by atomic mass is 10.0. The van der Waals surface area contributed by atoms with Crippen molar-refractivity contribution in [2.75, 3.05) is 6.61 Å². The second-order valence-corrected chi connectivity index (χ2v) is 4.73. The third kappa shape index (κ3) is 4.11. The number of nitrogens with two attached hydrogens (primary N) is 1. The fourth-order valence-electron chi connectivity index (χ4n) is 2.07. The maximum absolute atomic E-state index is 6.18. The number of benzene rings is 2. The Balaban J connectivity index is 1.95. The molecule has 2 aromatic carbocycles. The van der Waals surface area contributed by atoms with Gasteiger partial charge in [-0.3, -0.25) is 0 Å². The van der Waals surface area contributed by atoms with E-state index in [1.54, 1.807) is 0 Å². The van der Waals surface area contributed by atoms with Crippen molar-refractivity contribution < 1.29 is 4.74 Å². The zero-order chi connectivity index (χ0) is 13.5. The van der Waals surface area contributed by atoms with Gasteiger partial charge in [-0.15, -0.1) is 0 Å². The zero-order valence-electron chi connectivity index (χ0n) is 11.4. The highest BCUT2D eigenvalue weighted by molar-refractivity contribution is 5.27. The Morgan fingerprint density at radius 3 is 2.58 bits per heavy atom. The standard InChI is InChI=1S/C17H21NO/c1-2-7-14-8-6-9-15(12-14)17(18)13-19-16-10-4-3-5-11-16/h3-6,8-12,17H,2,7,13,18H2,1H3. The molecule has 0 heterocycles. The maximum Gasteiger partial charge on any atom is 0.119 e. The molecule has 0 bridgehead atoms. The Labute approximate surface area is 115 Å². The van der Waals surface area contributed by atoms with Gasteiger partial charge in [-0.1, -0.05) is 55.8 Å². The van der Waals surface area contributed by atoms with Crippen molar-refractivity contribution in [1.82, 2.24) is 0 Å². The minimum absolute atomic E-state index is 0.0861. The monoisotopic (exact) mass is 255 g/mol. The van der Waals surface area contributed by atoms with Gasteiger partial charge in [0.1, 0.15) is 12.4 Å². The molecule has 0 aromatic heterocycles. The van der Waals surface area contributed by atoms with Gasteiger partial charge in [-0.2, -0.15) is 0 Å². The van der Waals surface area contributed by atoms with Crippen molar-refractivity contribution in [3.8, 4) is 5.75 Å². The summed E-state index contributed by atoms with van der Waals surface area (Å²) in [6.45, 7) is 2.69. The molecule has 0 saturated carbocycles. The van der Waals surface area contributed by atoms with E-state index < -0.39 is 0 Å². The molecule has 100 valence electrons. The van der Waals surface area contributed by atoms with Crippen molar-refractivity contribution in [1.29, 1.82) is 0 Å². The van der Waals surface area contributed by atoms with E-state index in [2.05, 4.69) is 31.2 Å². The summed E-state index contributed by atoms with van der Waals surface area (Å²) < 4.78 is 5.70. The van der Waals surface area contributed by atoms with E-state index in [9.17, 15) is 0 Å². The van der Waals surface area contributed by atoms with Crippen LogP contribution in [0.2, 0.25) is 0 Å². The molecule has 2 rings (SSSR count). The van der Waals surface area contributed by atoms with E-state index in [0.29, 0.717) is 6.61 Å². The first-order valence-electron chi connectivity index (χ1n) is 6.82. The number of rotatable bonds is 6. The predicted molar refractivity (Wildman–Crippen MR) is 79.3 cm³/mol. The van der Waals surface area contributed by atoms with Crippen LogP contribution in [-0.4, -0.2) is 6.61 Å². The number of para-hydroxylation sites is 1. The van der Waals surface area contributed by atoms with Crippen LogP contribution < -0.4 is 10.5 Å². The number of hydrogen-bond acceptors (Lipinski definition) is 2. The highest BCUT2D eigenvalue weighted by atomic mass is 16.5. The van der Waals surface area contributed by atoms with Crippen LogP contribution in [0.5, 0.6) is 5.75 Å². The van der Waals surface area contributed by atoms with Gasteiger partial charge in [-0.05, 0) is 29.7 Å². The van der Waals surface area contributed by atoms with Gasteiger partial charge in [0.15, 0.2) is 0 Å². The second-order valence-electron chi connectivity index (χ2n) is 4.73. The Morgan fingerprint density at radius 2 is 1.84 bits per heavy atom. The smallest absolute Gasteiger partial charge is 0.119 e. The molecule has 0 aliphatic heterocycles. The van der Waals surface area contributed by atoms with Gasteiger partial charge in [0, 0.05) is 0 Å². The van der Waals surface area contributed by atoms with Crippen LogP contribution >= 0.6 is 0 Å². The summed E-state index contributed by atoms with van der Waals surface area (Å²) in [6, 6.07) is 18.2. The molecule has 0 radical (unpaired) electrons. The third-order valence-electron chi connectivity index (χ3n) is 3.09. The van der Waals surface area contributed by atoms with Crippen LogP contribution in [0.3, 0.4) is 0 Å².